The molecule has 9 nitrogen and oxygen atoms in total. The van der Waals surface area contributed by atoms with Gasteiger partial charge in [-0.05, 0) is 60.4 Å². The minimum absolute atomic E-state index is 0.0671. The lowest BCUT2D eigenvalue weighted by atomic mass is 9.73. The third-order valence-corrected chi connectivity index (χ3v) is 7.76. The lowest BCUT2D eigenvalue weighted by molar-refractivity contribution is -0.134. The molecule has 3 N–H and O–H groups in total. The average molecular weight is 527 g/mol. The number of carbonyl (C=O) groups excluding carboxylic acids is 2. The Hall–Kier alpha value is -3.30. The van der Waals surface area contributed by atoms with Crippen molar-refractivity contribution in [2.24, 2.45) is 5.41 Å². The summed E-state index contributed by atoms with van der Waals surface area (Å²) in [6, 6.07) is 12.9. The normalized spacial score (nSPS) is 21.8. The first kappa shape index (κ1) is 27.7. The molecule has 2 aromatic rings. The summed E-state index contributed by atoms with van der Waals surface area (Å²) < 4.78 is 16.3. The van der Waals surface area contributed by atoms with Gasteiger partial charge in [0.05, 0.1) is 26.4 Å². The van der Waals surface area contributed by atoms with Crippen molar-refractivity contribution < 1.29 is 34.0 Å². The van der Waals surface area contributed by atoms with Crippen LogP contribution in [0.1, 0.15) is 36.8 Å². The van der Waals surface area contributed by atoms with Crippen molar-refractivity contribution in [1.29, 1.82) is 0 Å². The molecule has 2 atom stereocenters. The number of carbonyl (C=O) groups is 2. The number of methoxy groups -OCH3 is 2. The molecule has 9 heteroatoms. The van der Waals surface area contributed by atoms with E-state index in [9.17, 15) is 19.8 Å². The summed E-state index contributed by atoms with van der Waals surface area (Å²) in [5.74, 6) is 1.65. The van der Waals surface area contributed by atoms with Crippen molar-refractivity contribution >= 4 is 11.8 Å². The van der Waals surface area contributed by atoms with Crippen molar-refractivity contribution in [2.45, 2.75) is 50.7 Å². The topological polar surface area (TPSA) is 118 Å². The highest BCUT2D eigenvalue weighted by atomic mass is 16.5. The van der Waals surface area contributed by atoms with Gasteiger partial charge in [0.15, 0.2) is 18.1 Å². The minimum atomic E-state index is -0.966. The standard InChI is InChI=1S/C29H38N2O7/c1-36-25-9-7-20(15-26(25)37-2)8-10-28(35)31-13-11-29(12-14-31)17-23(33)22(32)16-21-5-3-4-6-24(21)38-18-27(34)30-19-29/h3-7,9,15,22-23,32-33H,8,10-14,16-19H2,1-2H3,(H,30,34)/t22-,23+/m0/s1. The Morgan fingerprint density at radius 2 is 1.82 bits per heavy atom. The van der Waals surface area contributed by atoms with Gasteiger partial charge >= 0.3 is 0 Å². The van der Waals surface area contributed by atoms with Crippen LogP contribution in [0.5, 0.6) is 17.2 Å². The number of aliphatic hydroxyl groups excluding tert-OH is 2. The van der Waals surface area contributed by atoms with Gasteiger partial charge < -0.3 is 34.6 Å². The summed E-state index contributed by atoms with van der Waals surface area (Å²) in [6.07, 6.45) is 0.842. The molecule has 2 aliphatic rings. The summed E-state index contributed by atoms with van der Waals surface area (Å²) in [5.41, 5.74) is 1.32. The third-order valence-electron chi connectivity index (χ3n) is 7.76. The van der Waals surface area contributed by atoms with Gasteiger partial charge in [0, 0.05) is 32.5 Å². The lowest BCUT2D eigenvalue weighted by Crippen LogP contribution is -2.51. The first-order chi connectivity index (χ1) is 18.3. The minimum Gasteiger partial charge on any atom is -0.493 e. The number of ether oxygens (including phenoxy) is 3. The zero-order valence-corrected chi connectivity index (χ0v) is 22.2. The van der Waals surface area contributed by atoms with Crippen LogP contribution < -0.4 is 19.5 Å². The van der Waals surface area contributed by atoms with Crippen LogP contribution in [0.15, 0.2) is 42.5 Å². The maximum Gasteiger partial charge on any atom is 0.257 e. The zero-order chi connectivity index (χ0) is 27.1. The van der Waals surface area contributed by atoms with E-state index in [4.69, 9.17) is 14.2 Å². The molecule has 0 bridgehead atoms. The molecule has 1 saturated heterocycles. The molecule has 0 radical (unpaired) electrons. The Bertz CT molecular complexity index is 1110. The van der Waals surface area contributed by atoms with Crippen molar-refractivity contribution in [3.63, 3.8) is 0 Å². The SMILES string of the molecule is COc1ccc(CCC(=O)N2CCC3(CC2)CNC(=O)COc2ccccc2C[C@H](O)[C@H](O)C3)cc1OC. The van der Waals surface area contributed by atoms with Crippen molar-refractivity contribution in [2.75, 3.05) is 40.5 Å². The number of hydrogen-bond acceptors (Lipinski definition) is 7. The third kappa shape index (κ3) is 6.76. The molecule has 0 unspecified atom stereocenters. The number of fused-ring (bicyclic) bond motifs is 1. The quantitative estimate of drug-likeness (QED) is 0.546. The van der Waals surface area contributed by atoms with E-state index in [1.54, 1.807) is 20.3 Å². The molecule has 38 heavy (non-hydrogen) atoms. The van der Waals surface area contributed by atoms with Crippen molar-refractivity contribution in [3.05, 3.63) is 53.6 Å². The number of likely N-dealkylation sites (tertiary alicyclic amines) is 1. The fourth-order valence-corrected chi connectivity index (χ4v) is 5.36. The van der Waals surface area contributed by atoms with E-state index < -0.39 is 17.6 Å². The van der Waals surface area contributed by atoms with Gasteiger partial charge in [-0.15, -0.1) is 0 Å². The second kappa shape index (κ2) is 12.5. The van der Waals surface area contributed by atoms with Gasteiger partial charge in [0.25, 0.3) is 5.91 Å². The number of aryl methyl sites for hydroxylation is 1. The summed E-state index contributed by atoms with van der Waals surface area (Å²) in [4.78, 5) is 27.4. The molecule has 0 saturated carbocycles. The first-order valence-corrected chi connectivity index (χ1v) is 13.1. The van der Waals surface area contributed by atoms with Crippen LogP contribution >= 0.6 is 0 Å². The van der Waals surface area contributed by atoms with Crippen LogP contribution in [-0.2, 0) is 22.4 Å². The number of nitrogens with zero attached hydrogens (tertiary/aromatic N) is 1. The molecule has 0 aliphatic carbocycles. The molecular weight excluding hydrogens is 488 g/mol. The highest BCUT2D eigenvalue weighted by Gasteiger charge is 2.39. The molecule has 206 valence electrons. The molecule has 1 fully saturated rings. The summed E-state index contributed by atoms with van der Waals surface area (Å²) in [7, 11) is 3.17. The largest absolute Gasteiger partial charge is 0.493 e. The number of rotatable bonds is 5. The van der Waals surface area contributed by atoms with Crippen LogP contribution in [0.2, 0.25) is 0 Å². The zero-order valence-electron chi connectivity index (χ0n) is 22.2. The Morgan fingerprint density at radius 3 is 2.55 bits per heavy atom. The molecule has 4 rings (SSSR count). The van der Waals surface area contributed by atoms with Crippen molar-refractivity contribution in [3.8, 4) is 17.2 Å². The molecule has 2 amide bonds. The number of hydrogen-bond donors (Lipinski definition) is 3. The number of piperidine rings is 1. The number of nitrogens with one attached hydrogen (secondary N) is 1. The predicted octanol–water partition coefficient (Wildman–Crippen LogP) is 2.11. The smallest absolute Gasteiger partial charge is 0.257 e. The predicted molar refractivity (Wildman–Crippen MR) is 141 cm³/mol. The molecular formula is C29H38N2O7. The fourth-order valence-electron chi connectivity index (χ4n) is 5.36. The molecule has 2 aromatic carbocycles. The Kier molecular flexibility index (Phi) is 9.12. The van der Waals surface area contributed by atoms with Crippen LogP contribution in [0.25, 0.3) is 0 Å². The summed E-state index contributed by atoms with van der Waals surface area (Å²) >= 11 is 0. The Balaban J connectivity index is 1.37. The highest BCUT2D eigenvalue weighted by molar-refractivity contribution is 5.78. The van der Waals surface area contributed by atoms with E-state index in [-0.39, 0.29) is 24.8 Å². The maximum atomic E-state index is 13.0. The summed E-state index contributed by atoms with van der Waals surface area (Å²) in [6.45, 7) is 1.30. The molecule has 1 spiro atoms. The number of aliphatic hydroxyl groups is 2. The van der Waals surface area contributed by atoms with Crippen LogP contribution in [-0.4, -0.2) is 79.6 Å². The van der Waals surface area contributed by atoms with Gasteiger partial charge in [0.1, 0.15) is 5.75 Å². The number of benzene rings is 2. The van der Waals surface area contributed by atoms with E-state index in [0.29, 0.717) is 69.0 Å². The summed E-state index contributed by atoms with van der Waals surface area (Å²) in [5, 5.41) is 24.7. The average Bonchev–Trinajstić information content (AvgIpc) is 2.94. The van der Waals surface area contributed by atoms with Gasteiger partial charge in [-0.1, -0.05) is 24.3 Å². The van der Waals surface area contributed by atoms with E-state index in [1.807, 2.05) is 41.3 Å². The monoisotopic (exact) mass is 526 g/mol. The van der Waals surface area contributed by atoms with E-state index in [2.05, 4.69) is 5.32 Å². The Morgan fingerprint density at radius 1 is 1.08 bits per heavy atom. The number of amides is 2. The van der Waals surface area contributed by atoms with Crippen LogP contribution in [0.4, 0.5) is 0 Å². The van der Waals surface area contributed by atoms with Gasteiger partial charge in [-0.25, -0.2) is 0 Å². The van der Waals surface area contributed by atoms with Crippen molar-refractivity contribution in [1.82, 2.24) is 10.2 Å². The molecule has 0 aromatic heterocycles. The van der Waals surface area contributed by atoms with Crippen LogP contribution in [0.3, 0.4) is 0 Å². The first-order valence-electron chi connectivity index (χ1n) is 13.1. The fraction of sp³-hybridized carbons (Fsp3) is 0.517. The van der Waals surface area contributed by atoms with E-state index in [1.165, 1.54) is 0 Å². The Labute approximate surface area is 223 Å². The van der Waals surface area contributed by atoms with Crippen LogP contribution in [0, 0.1) is 5.41 Å². The van der Waals surface area contributed by atoms with E-state index >= 15 is 0 Å². The van der Waals surface area contributed by atoms with E-state index in [0.717, 1.165) is 11.1 Å². The second-order valence-electron chi connectivity index (χ2n) is 10.3. The molecule has 2 heterocycles. The van der Waals surface area contributed by atoms with Gasteiger partial charge in [0.2, 0.25) is 5.91 Å². The second-order valence-corrected chi connectivity index (χ2v) is 10.3. The van der Waals surface area contributed by atoms with Gasteiger partial charge in [-0.2, -0.15) is 0 Å². The number of para-hydroxylation sites is 1. The van der Waals surface area contributed by atoms with Gasteiger partial charge in [-0.3, -0.25) is 9.59 Å². The lowest BCUT2D eigenvalue weighted by Gasteiger charge is -2.43. The molecule has 2 aliphatic heterocycles. The highest BCUT2D eigenvalue weighted by Crippen LogP contribution is 2.37. The maximum absolute atomic E-state index is 13.0.